The van der Waals surface area contributed by atoms with Crippen molar-refractivity contribution in [3.63, 3.8) is 0 Å². The zero-order valence-corrected chi connectivity index (χ0v) is 17.7. The minimum atomic E-state index is -0.782. The number of hydrogen-bond donors (Lipinski definition) is 4. The van der Waals surface area contributed by atoms with E-state index < -0.39 is 23.9 Å². The first-order valence-electron chi connectivity index (χ1n) is 10.5. The molecule has 1 aromatic heterocycles. The molecule has 162 valence electrons. The highest BCUT2D eigenvalue weighted by Crippen LogP contribution is 2.33. The van der Waals surface area contributed by atoms with Gasteiger partial charge in [-0.25, -0.2) is 0 Å². The van der Waals surface area contributed by atoms with E-state index in [1.54, 1.807) is 24.3 Å². The lowest BCUT2D eigenvalue weighted by Gasteiger charge is -2.21. The fourth-order valence-electron chi connectivity index (χ4n) is 3.95. The number of benzene rings is 1. The van der Waals surface area contributed by atoms with Gasteiger partial charge in [0.05, 0.1) is 6.07 Å². The number of rotatable bonds is 8. The average molecular weight is 442 g/mol. The zero-order chi connectivity index (χ0) is 22.0. The summed E-state index contributed by atoms with van der Waals surface area (Å²) in [6, 6.07) is 7.52. The summed E-state index contributed by atoms with van der Waals surface area (Å²) in [6.07, 6.45) is 3.48. The molecule has 3 atom stereocenters. The molecule has 2 aliphatic rings. The molecule has 3 amide bonds. The zero-order valence-electron chi connectivity index (χ0n) is 16.9. The van der Waals surface area contributed by atoms with Crippen molar-refractivity contribution in [2.45, 2.75) is 44.2 Å². The first-order chi connectivity index (χ1) is 14.9. The molecule has 8 nitrogen and oxygen atoms in total. The quantitative estimate of drug-likeness (QED) is 0.501. The fraction of sp³-hybridized carbons (Fsp3) is 0.455. The summed E-state index contributed by atoms with van der Waals surface area (Å²) in [7, 11) is 0. The number of carbonyl (C=O) groups excluding carboxylic acids is 3. The molecule has 31 heavy (non-hydrogen) atoms. The summed E-state index contributed by atoms with van der Waals surface area (Å²) in [5.74, 6) is -0.768. The molecule has 2 aromatic rings. The maximum absolute atomic E-state index is 12.9. The van der Waals surface area contributed by atoms with Gasteiger partial charge in [0.2, 0.25) is 11.8 Å². The van der Waals surface area contributed by atoms with Crippen LogP contribution < -0.4 is 16.0 Å². The van der Waals surface area contributed by atoms with E-state index in [1.807, 2.05) is 0 Å². The maximum atomic E-state index is 12.9. The Morgan fingerprint density at radius 3 is 2.68 bits per heavy atom. The van der Waals surface area contributed by atoms with Crippen molar-refractivity contribution < 1.29 is 14.4 Å². The Hall–Kier alpha value is -3.05. The number of nitrogens with zero attached hydrogens (tertiary/aromatic N) is 1. The number of H-pyrrole nitrogens is 1. The van der Waals surface area contributed by atoms with Gasteiger partial charge in [0, 0.05) is 28.4 Å². The van der Waals surface area contributed by atoms with E-state index in [0.29, 0.717) is 36.0 Å². The summed E-state index contributed by atoms with van der Waals surface area (Å²) in [5, 5.41) is 19.1. The number of carbonyl (C=O) groups is 3. The van der Waals surface area contributed by atoms with Gasteiger partial charge in [-0.3, -0.25) is 14.4 Å². The van der Waals surface area contributed by atoms with Gasteiger partial charge in [-0.2, -0.15) is 5.26 Å². The van der Waals surface area contributed by atoms with Gasteiger partial charge in [-0.15, -0.1) is 0 Å². The van der Waals surface area contributed by atoms with Crippen LogP contribution in [0.15, 0.2) is 24.3 Å². The highest BCUT2D eigenvalue weighted by atomic mass is 35.5. The van der Waals surface area contributed by atoms with Crippen LogP contribution in [0.25, 0.3) is 10.9 Å². The lowest BCUT2D eigenvalue weighted by Crippen LogP contribution is -2.50. The number of aromatic amines is 1. The maximum Gasteiger partial charge on any atom is 0.268 e. The first-order valence-corrected chi connectivity index (χ1v) is 10.9. The van der Waals surface area contributed by atoms with Gasteiger partial charge < -0.3 is 20.9 Å². The third kappa shape index (κ3) is 5.17. The minimum Gasteiger partial charge on any atom is -0.356 e. The predicted molar refractivity (Wildman–Crippen MR) is 115 cm³/mol. The van der Waals surface area contributed by atoms with Crippen LogP contribution in [-0.4, -0.2) is 41.3 Å². The standard InChI is InChI=1S/C22H24ClN5O3/c23-15-3-4-17-14(8-15)10-19(27-17)22(31)28-18(7-12-1-2-12)21(30)26-16(11-24)9-13-5-6-25-20(13)29/h3-4,8,10,12-13,16,18,27H,1-2,5-7,9H2,(H,25,29)(H,26,30)(H,28,31). The molecule has 1 saturated heterocycles. The molecule has 4 N–H and O–H groups in total. The van der Waals surface area contributed by atoms with Crippen molar-refractivity contribution >= 4 is 40.2 Å². The molecule has 3 unspecified atom stereocenters. The van der Waals surface area contributed by atoms with Gasteiger partial charge in [0.15, 0.2) is 0 Å². The predicted octanol–water partition coefficient (Wildman–Crippen LogP) is 2.25. The summed E-state index contributed by atoms with van der Waals surface area (Å²) in [5.41, 5.74) is 1.11. The molecule has 1 aromatic carbocycles. The second-order valence-electron chi connectivity index (χ2n) is 8.32. The Labute approximate surface area is 184 Å². The van der Waals surface area contributed by atoms with Crippen molar-refractivity contribution in [1.29, 1.82) is 5.26 Å². The third-order valence-electron chi connectivity index (χ3n) is 5.87. The highest BCUT2D eigenvalue weighted by molar-refractivity contribution is 6.31. The van der Waals surface area contributed by atoms with Crippen molar-refractivity contribution in [3.8, 4) is 6.07 Å². The molecule has 0 spiro atoms. The summed E-state index contributed by atoms with van der Waals surface area (Å²) < 4.78 is 0. The van der Waals surface area contributed by atoms with Gasteiger partial charge in [-0.1, -0.05) is 24.4 Å². The van der Waals surface area contributed by atoms with Crippen molar-refractivity contribution in [1.82, 2.24) is 20.9 Å². The van der Waals surface area contributed by atoms with Crippen LogP contribution in [0.5, 0.6) is 0 Å². The van der Waals surface area contributed by atoms with Crippen LogP contribution in [0, 0.1) is 23.2 Å². The number of aromatic nitrogens is 1. The molecule has 4 rings (SSSR count). The number of halogens is 1. The largest absolute Gasteiger partial charge is 0.356 e. The number of fused-ring (bicyclic) bond motifs is 1. The molecule has 1 saturated carbocycles. The molecule has 2 heterocycles. The van der Waals surface area contributed by atoms with Crippen LogP contribution in [0.2, 0.25) is 5.02 Å². The lowest BCUT2D eigenvalue weighted by atomic mass is 9.98. The average Bonchev–Trinajstić information content (AvgIpc) is 3.32. The summed E-state index contributed by atoms with van der Waals surface area (Å²) in [6.45, 7) is 0.589. The number of hydrogen-bond acceptors (Lipinski definition) is 4. The van der Waals surface area contributed by atoms with Crippen LogP contribution in [0.4, 0.5) is 0 Å². The van der Waals surface area contributed by atoms with Gasteiger partial charge in [-0.05, 0) is 49.4 Å². The normalized spacial score (nSPS) is 20.0. The van der Waals surface area contributed by atoms with Crippen LogP contribution in [0.3, 0.4) is 0 Å². The fourth-order valence-corrected chi connectivity index (χ4v) is 4.13. The Bertz CT molecular complexity index is 1060. The SMILES string of the molecule is N#CC(CC1CCNC1=O)NC(=O)C(CC1CC1)NC(=O)c1cc2cc(Cl)ccc2[nH]1. The van der Waals surface area contributed by atoms with E-state index >= 15 is 0 Å². The molecule has 0 radical (unpaired) electrons. The highest BCUT2D eigenvalue weighted by Gasteiger charge is 2.33. The van der Waals surface area contributed by atoms with E-state index in [-0.39, 0.29) is 18.2 Å². The Morgan fingerprint density at radius 2 is 2.00 bits per heavy atom. The monoisotopic (exact) mass is 441 g/mol. The number of nitrogens with one attached hydrogen (secondary N) is 4. The second kappa shape index (κ2) is 8.98. The molecule has 1 aliphatic heterocycles. The Balaban J connectivity index is 1.43. The Kier molecular flexibility index (Phi) is 6.14. The Morgan fingerprint density at radius 1 is 1.19 bits per heavy atom. The summed E-state index contributed by atoms with van der Waals surface area (Å²) in [4.78, 5) is 40.6. The molecule has 2 fully saturated rings. The van der Waals surface area contributed by atoms with E-state index in [9.17, 15) is 19.6 Å². The molecular weight excluding hydrogens is 418 g/mol. The smallest absolute Gasteiger partial charge is 0.268 e. The molecule has 9 heteroatoms. The summed E-state index contributed by atoms with van der Waals surface area (Å²) >= 11 is 6.01. The van der Waals surface area contributed by atoms with Gasteiger partial charge in [0.1, 0.15) is 17.8 Å². The van der Waals surface area contributed by atoms with Gasteiger partial charge >= 0.3 is 0 Å². The van der Waals surface area contributed by atoms with E-state index in [1.165, 1.54) is 0 Å². The van der Waals surface area contributed by atoms with Crippen molar-refractivity contribution in [2.75, 3.05) is 6.54 Å². The van der Waals surface area contributed by atoms with E-state index in [4.69, 9.17) is 11.6 Å². The second-order valence-corrected chi connectivity index (χ2v) is 8.76. The molecule has 1 aliphatic carbocycles. The van der Waals surface area contributed by atoms with Crippen LogP contribution in [-0.2, 0) is 9.59 Å². The molecular formula is C22H24ClN5O3. The lowest BCUT2D eigenvalue weighted by molar-refractivity contribution is -0.125. The van der Waals surface area contributed by atoms with E-state index in [2.05, 4.69) is 27.0 Å². The molecule has 0 bridgehead atoms. The van der Waals surface area contributed by atoms with Crippen molar-refractivity contribution in [2.24, 2.45) is 11.8 Å². The van der Waals surface area contributed by atoms with Crippen LogP contribution in [0.1, 0.15) is 42.6 Å². The van der Waals surface area contributed by atoms with Crippen molar-refractivity contribution in [3.05, 3.63) is 35.0 Å². The topological polar surface area (TPSA) is 127 Å². The number of amides is 3. The third-order valence-corrected chi connectivity index (χ3v) is 6.11. The minimum absolute atomic E-state index is 0.0868. The number of nitriles is 1. The van der Waals surface area contributed by atoms with Crippen LogP contribution >= 0.6 is 11.6 Å². The first kappa shape index (κ1) is 21.2. The van der Waals surface area contributed by atoms with E-state index in [0.717, 1.165) is 23.7 Å². The van der Waals surface area contributed by atoms with Gasteiger partial charge in [0.25, 0.3) is 5.91 Å².